The minimum absolute atomic E-state index is 0.0832. The maximum atomic E-state index is 12.3. The van der Waals surface area contributed by atoms with E-state index < -0.39 is 11.8 Å². The van der Waals surface area contributed by atoms with Crippen LogP contribution < -0.4 is 15.6 Å². The van der Waals surface area contributed by atoms with Gasteiger partial charge in [0.2, 0.25) is 0 Å². The number of aryl methyl sites for hydroxylation is 2. The van der Waals surface area contributed by atoms with Crippen LogP contribution >= 0.6 is 11.6 Å². The molecule has 2 N–H and O–H groups in total. The maximum absolute atomic E-state index is 12.3. The fourth-order valence-electron chi connectivity index (χ4n) is 2.38. The summed E-state index contributed by atoms with van der Waals surface area (Å²) in [5.74, 6) is -0.522. The van der Waals surface area contributed by atoms with Crippen LogP contribution in [-0.2, 0) is 4.79 Å². The standard InChI is InChI=1S/C19H18ClN5O3/c1-12-5-3-8-16(9-12)28-11-17(26)21-22-19(27)18-13(2)23-25(24-18)15-7-4-6-14(20)10-15/h3-10H,11H2,1-2H3,(H,21,26)(H,22,27). The molecule has 0 fully saturated rings. The first-order chi connectivity index (χ1) is 13.4. The SMILES string of the molecule is Cc1cccc(OCC(=O)NNC(=O)c2nn(-c3cccc(Cl)c3)nc2C)c1. The Bertz CT molecular complexity index is 1020. The van der Waals surface area contributed by atoms with Crippen LogP contribution in [0.1, 0.15) is 21.7 Å². The first kappa shape index (κ1) is 19.4. The highest BCUT2D eigenvalue weighted by molar-refractivity contribution is 6.30. The third kappa shape index (κ3) is 4.86. The second-order valence-corrected chi connectivity index (χ2v) is 6.45. The van der Waals surface area contributed by atoms with E-state index in [2.05, 4.69) is 21.0 Å². The molecule has 9 heteroatoms. The van der Waals surface area contributed by atoms with E-state index in [1.807, 2.05) is 25.1 Å². The Morgan fingerprint density at radius 2 is 1.86 bits per heavy atom. The number of rotatable bonds is 5. The molecule has 3 rings (SSSR count). The van der Waals surface area contributed by atoms with Gasteiger partial charge in [0.05, 0.1) is 11.4 Å². The number of carbonyl (C=O) groups is 2. The highest BCUT2D eigenvalue weighted by Crippen LogP contribution is 2.14. The van der Waals surface area contributed by atoms with Crippen LogP contribution in [0.25, 0.3) is 5.69 Å². The molecule has 2 aromatic carbocycles. The molecule has 0 aliphatic rings. The summed E-state index contributed by atoms with van der Waals surface area (Å²) in [4.78, 5) is 25.5. The lowest BCUT2D eigenvalue weighted by Gasteiger charge is -2.08. The highest BCUT2D eigenvalue weighted by atomic mass is 35.5. The van der Waals surface area contributed by atoms with E-state index in [4.69, 9.17) is 16.3 Å². The summed E-state index contributed by atoms with van der Waals surface area (Å²) in [6.07, 6.45) is 0. The molecule has 0 aliphatic heterocycles. The van der Waals surface area contributed by atoms with Crippen molar-refractivity contribution < 1.29 is 14.3 Å². The minimum atomic E-state index is -0.588. The molecule has 1 heterocycles. The number of hydrazine groups is 1. The molecule has 3 aromatic rings. The molecule has 0 radical (unpaired) electrons. The number of hydrogen-bond donors (Lipinski definition) is 2. The van der Waals surface area contributed by atoms with Crippen LogP contribution in [0.2, 0.25) is 5.02 Å². The topological polar surface area (TPSA) is 98.1 Å². The summed E-state index contributed by atoms with van der Waals surface area (Å²) in [5.41, 5.74) is 6.72. The van der Waals surface area contributed by atoms with Crippen LogP contribution in [0.15, 0.2) is 48.5 Å². The zero-order valence-corrected chi connectivity index (χ0v) is 16.0. The average molecular weight is 400 g/mol. The predicted molar refractivity (Wildman–Crippen MR) is 103 cm³/mol. The number of ether oxygens (including phenoxy) is 1. The zero-order chi connectivity index (χ0) is 20.1. The lowest BCUT2D eigenvalue weighted by molar-refractivity contribution is -0.123. The van der Waals surface area contributed by atoms with Crippen LogP contribution in [0.5, 0.6) is 5.75 Å². The van der Waals surface area contributed by atoms with Gasteiger partial charge in [0.1, 0.15) is 5.75 Å². The van der Waals surface area contributed by atoms with E-state index in [0.29, 0.717) is 22.2 Å². The van der Waals surface area contributed by atoms with Gasteiger partial charge < -0.3 is 4.74 Å². The molecule has 8 nitrogen and oxygen atoms in total. The van der Waals surface area contributed by atoms with Gasteiger partial charge in [-0.05, 0) is 49.7 Å². The molecular formula is C19H18ClN5O3. The quantitative estimate of drug-likeness (QED) is 0.642. The van der Waals surface area contributed by atoms with Gasteiger partial charge in [-0.1, -0.05) is 29.8 Å². The number of amides is 2. The molecule has 0 unspecified atom stereocenters. The van der Waals surface area contributed by atoms with Gasteiger partial charge in [-0.2, -0.15) is 9.90 Å². The summed E-state index contributed by atoms with van der Waals surface area (Å²) < 4.78 is 5.38. The van der Waals surface area contributed by atoms with Gasteiger partial charge in [0.15, 0.2) is 12.3 Å². The van der Waals surface area contributed by atoms with Gasteiger partial charge in [0, 0.05) is 5.02 Å². The molecule has 144 valence electrons. The normalized spacial score (nSPS) is 10.4. The van der Waals surface area contributed by atoms with E-state index in [0.717, 1.165) is 5.56 Å². The lowest BCUT2D eigenvalue weighted by Crippen LogP contribution is -2.44. The van der Waals surface area contributed by atoms with Crippen LogP contribution in [0.4, 0.5) is 0 Å². The summed E-state index contributed by atoms with van der Waals surface area (Å²) in [7, 11) is 0. The molecular weight excluding hydrogens is 382 g/mol. The maximum Gasteiger partial charge on any atom is 0.292 e. The Labute approximate surface area is 166 Å². The predicted octanol–water partition coefficient (Wildman–Crippen LogP) is 2.38. The van der Waals surface area contributed by atoms with E-state index in [1.54, 1.807) is 37.3 Å². The van der Waals surface area contributed by atoms with Crippen LogP contribution in [0, 0.1) is 13.8 Å². The van der Waals surface area contributed by atoms with Crippen molar-refractivity contribution in [3.63, 3.8) is 0 Å². The molecule has 0 saturated heterocycles. The number of benzene rings is 2. The fourth-order valence-corrected chi connectivity index (χ4v) is 2.56. The Morgan fingerprint density at radius 3 is 2.61 bits per heavy atom. The zero-order valence-electron chi connectivity index (χ0n) is 15.3. The van der Waals surface area contributed by atoms with Gasteiger partial charge in [0.25, 0.3) is 11.8 Å². The summed E-state index contributed by atoms with van der Waals surface area (Å²) >= 11 is 5.96. The number of aromatic nitrogens is 3. The third-order valence-corrected chi connectivity index (χ3v) is 3.95. The molecule has 0 spiro atoms. The number of halogens is 1. The van der Waals surface area contributed by atoms with Crippen molar-refractivity contribution in [3.05, 3.63) is 70.5 Å². The molecule has 0 atom stereocenters. The largest absolute Gasteiger partial charge is 0.484 e. The average Bonchev–Trinajstić information content (AvgIpc) is 3.06. The van der Waals surface area contributed by atoms with Crippen molar-refractivity contribution in [2.45, 2.75) is 13.8 Å². The van der Waals surface area contributed by atoms with Gasteiger partial charge in [-0.25, -0.2) is 0 Å². The summed E-state index contributed by atoms with van der Waals surface area (Å²) in [5, 5.41) is 8.88. The Morgan fingerprint density at radius 1 is 1.07 bits per heavy atom. The lowest BCUT2D eigenvalue weighted by atomic mass is 10.2. The van der Waals surface area contributed by atoms with Crippen LogP contribution in [-0.4, -0.2) is 33.4 Å². The number of nitrogens with zero attached hydrogens (tertiary/aromatic N) is 3. The molecule has 0 aliphatic carbocycles. The van der Waals surface area contributed by atoms with Crippen molar-refractivity contribution in [2.24, 2.45) is 0 Å². The van der Waals surface area contributed by atoms with Crippen molar-refractivity contribution in [3.8, 4) is 11.4 Å². The highest BCUT2D eigenvalue weighted by Gasteiger charge is 2.17. The van der Waals surface area contributed by atoms with Crippen molar-refractivity contribution >= 4 is 23.4 Å². The summed E-state index contributed by atoms with van der Waals surface area (Å²) in [6.45, 7) is 3.33. The minimum Gasteiger partial charge on any atom is -0.484 e. The molecule has 0 saturated carbocycles. The Balaban J connectivity index is 1.57. The van der Waals surface area contributed by atoms with Gasteiger partial charge in [-0.3, -0.25) is 20.4 Å². The van der Waals surface area contributed by atoms with E-state index in [1.165, 1.54) is 4.80 Å². The number of carbonyl (C=O) groups excluding carboxylic acids is 2. The third-order valence-electron chi connectivity index (χ3n) is 3.71. The van der Waals surface area contributed by atoms with E-state index >= 15 is 0 Å². The van der Waals surface area contributed by atoms with Crippen LogP contribution in [0.3, 0.4) is 0 Å². The molecule has 2 amide bonds. The van der Waals surface area contributed by atoms with Gasteiger partial charge in [-0.15, -0.1) is 5.10 Å². The van der Waals surface area contributed by atoms with Crippen molar-refractivity contribution in [1.82, 2.24) is 25.8 Å². The van der Waals surface area contributed by atoms with E-state index in [9.17, 15) is 9.59 Å². The number of nitrogens with one attached hydrogen (secondary N) is 2. The Hall–Kier alpha value is -3.39. The smallest absolute Gasteiger partial charge is 0.292 e. The second-order valence-electron chi connectivity index (χ2n) is 6.01. The van der Waals surface area contributed by atoms with Crippen molar-refractivity contribution in [2.75, 3.05) is 6.61 Å². The van der Waals surface area contributed by atoms with Gasteiger partial charge >= 0.3 is 0 Å². The monoisotopic (exact) mass is 399 g/mol. The molecule has 28 heavy (non-hydrogen) atoms. The second kappa shape index (κ2) is 8.53. The first-order valence-electron chi connectivity index (χ1n) is 8.41. The molecule has 1 aromatic heterocycles. The fraction of sp³-hybridized carbons (Fsp3) is 0.158. The van der Waals surface area contributed by atoms with Crippen molar-refractivity contribution in [1.29, 1.82) is 0 Å². The first-order valence-corrected chi connectivity index (χ1v) is 8.79. The molecule has 0 bridgehead atoms. The Kier molecular flexibility index (Phi) is 5.90. The summed E-state index contributed by atoms with van der Waals surface area (Å²) in [6, 6.07) is 14.2. The number of hydrogen-bond acceptors (Lipinski definition) is 5. The van der Waals surface area contributed by atoms with E-state index in [-0.39, 0.29) is 12.3 Å².